The molecular weight excluding hydrogens is 767 g/mol. The topological polar surface area (TPSA) is 48.5 Å². The van der Waals surface area contributed by atoms with E-state index in [-0.39, 0.29) is 0 Å². The highest BCUT2D eigenvalue weighted by Crippen LogP contribution is 2.41. The van der Waals surface area contributed by atoms with Gasteiger partial charge in [0.2, 0.25) is 0 Å². The maximum atomic E-state index is 4.73. The van der Waals surface area contributed by atoms with Gasteiger partial charge in [-0.15, -0.1) is 0 Å². The van der Waals surface area contributed by atoms with E-state index in [0.717, 1.165) is 54.0 Å². The molecule has 7 aromatic carbocycles. The van der Waals surface area contributed by atoms with Crippen molar-refractivity contribution in [2.75, 3.05) is 0 Å². The number of pyridine rings is 1. The highest BCUT2D eigenvalue weighted by atomic mass is 15.3. The third kappa shape index (κ3) is 8.81. The summed E-state index contributed by atoms with van der Waals surface area (Å²) in [4.78, 5) is 9.28. The third-order valence-corrected chi connectivity index (χ3v) is 12.0. The number of imidazole rings is 1. The number of aromatic nitrogens is 5. The zero-order valence-corrected chi connectivity index (χ0v) is 35.3. The summed E-state index contributed by atoms with van der Waals surface area (Å²) >= 11 is 0. The molecule has 10 aromatic rings. The fourth-order valence-corrected chi connectivity index (χ4v) is 8.64. The van der Waals surface area contributed by atoms with E-state index in [4.69, 9.17) is 4.98 Å². The van der Waals surface area contributed by atoms with Crippen LogP contribution in [0, 0.1) is 0 Å². The minimum atomic E-state index is 0.931. The van der Waals surface area contributed by atoms with E-state index >= 15 is 0 Å². The number of nitrogens with zero attached hydrogens (tertiary/aromatic N) is 5. The molecule has 0 spiro atoms. The Labute approximate surface area is 369 Å². The van der Waals surface area contributed by atoms with Crippen LogP contribution in [-0.2, 0) is 32.7 Å². The number of hydrogen-bond donors (Lipinski definition) is 0. The van der Waals surface area contributed by atoms with Crippen molar-refractivity contribution in [3.63, 3.8) is 0 Å². The van der Waals surface area contributed by atoms with Crippen molar-refractivity contribution >= 4 is 0 Å². The average molecular weight is 814 g/mol. The van der Waals surface area contributed by atoms with E-state index in [0.29, 0.717) is 0 Å². The Morgan fingerprint density at radius 1 is 0.365 bits per heavy atom. The SMILES string of the molecule is Cn1ccnc1-c1ccc(CCc2cc(CCc3ccc(-n4cccn4)cc3)cc(-c3ccccc3-c3ccc(-c4ccccn4)cc3-c3ccc(-c4ccccc4)cc3)c2)cc1. The Morgan fingerprint density at radius 2 is 0.968 bits per heavy atom. The number of rotatable bonds is 13. The summed E-state index contributed by atoms with van der Waals surface area (Å²) in [6.45, 7) is 0. The lowest BCUT2D eigenvalue weighted by Gasteiger charge is -2.18. The fourth-order valence-electron chi connectivity index (χ4n) is 8.64. The predicted octanol–water partition coefficient (Wildman–Crippen LogP) is 13.6. The summed E-state index contributed by atoms with van der Waals surface area (Å²) in [6, 6.07) is 68.3. The molecule has 10 rings (SSSR count). The minimum absolute atomic E-state index is 0.931. The van der Waals surface area contributed by atoms with Crippen molar-refractivity contribution in [1.29, 1.82) is 0 Å². The summed E-state index contributed by atoms with van der Waals surface area (Å²) < 4.78 is 3.97. The van der Waals surface area contributed by atoms with Crippen LogP contribution >= 0.6 is 0 Å². The average Bonchev–Trinajstić information content (AvgIpc) is 4.06. The lowest BCUT2D eigenvalue weighted by Crippen LogP contribution is -1.99. The Kier molecular flexibility index (Phi) is 11.2. The van der Waals surface area contributed by atoms with Gasteiger partial charge in [0.25, 0.3) is 0 Å². The molecule has 0 unspecified atom stereocenters. The smallest absolute Gasteiger partial charge is 0.139 e. The predicted molar refractivity (Wildman–Crippen MR) is 258 cm³/mol. The van der Waals surface area contributed by atoms with Gasteiger partial charge in [0.15, 0.2) is 0 Å². The number of hydrogen-bond acceptors (Lipinski definition) is 3. The number of benzene rings is 7. The van der Waals surface area contributed by atoms with Crippen molar-refractivity contribution in [3.05, 3.63) is 241 Å². The highest BCUT2D eigenvalue weighted by Gasteiger charge is 2.16. The quantitative estimate of drug-likeness (QED) is 0.116. The van der Waals surface area contributed by atoms with Crippen LogP contribution in [0.1, 0.15) is 22.3 Å². The second kappa shape index (κ2) is 18.0. The van der Waals surface area contributed by atoms with E-state index < -0.39 is 0 Å². The lowest BCUT2D eigenvalue weighted by molar-refractivity contribution is 0.876. The summed E-state index contributed by atoms with van der Waals surface area (Å²) in [5.74, 6) is 0.979. The molecule has 0 bridgehead atoms. The normalized spacial score (nSPS) is 11.2. The molecule has 0 aliphatic carbocycles. The summed E-state index contributed by atoms with van der Waals surface area (Å²) in [7, 11) is 2.04. The van der Waals surface area contributed by atoms with E-state index in [1.54, 1.807) is 0 Å². The van der Waals surface area contributed by atoms with Gasteiger partial charge in [-0.25, -0.2) is 9.67 Å². The van der Waals surface area contributed by atoms with Gasteiger partial charge in [0.05, 0.1) is 11.4 Å². The molecule has 63 heavy (non-hydrogen) atoms. The molecule has 304 valence electrons. The summed E-state index contributed by atoms with van der Waals surface area (Å²) in [5, 5.41) is 4.41. The first kappa shape index (κ1) is 39.3. The van der Waals surface area contributed by atoms with Gasteiger partial charge in [0.1, 0.15) is 5.82 Å². The molecule has 0 aliphatic heterocycles. The molecule has 5 nitrogen and oxygen atoms in total. The van der Waals surface area contributed by atoms with E-state index in [9.17, 15) is 0 Å². The molecule has 0 saturated heterocycles. The van der Waals surface area contributed by atoms with Gasteiger partial charge in [-0.3, -0.25) is 4.98 Å². The van der Waals surface area contributed by atoms with Crippen LogP contribution in [0.2, 0.25) is 0 Å². The van der Waals surface area contributed by atoms with Gasteiger partial charge < -0.3 is 4.57 Å². The molecule has 3 aromatic heterocycles. The Balaban J connectivity index is 1.02. The summed E-state index contributed by atoms with van der Waals surface area (Å²) in [6.07, 6.45) is 13.2. The van der Waals surface area contributed by atoms with Crippen molar-refractivity contribution < 1.29 is 0 Å². The molecule has 0 N–H and O–H groups in total. The number of aryl methyl sites for hydroxylation is 5. The van der Waals surface area contributed by atoms with E-state index in [2.05, 4.69) is 191 Å². The Morgan fingerprint density at radius 3 is 1.63 bits per heavy atom. The Bertz CT molecular complexity index is 3080. The second-order valence-electron chi connectivity index (χ2n) is 16.2. The van der Waals surface area contributed by atoms with Crippen LogP contribution in [0.25, 0.3) is 72.8 Å². The first-order valence-electron chi connectivity index (χ1n) is 21.7. The zero-order chi connectivity index (χ0) is 42.4. The first-order chi connectivity index (χ1) is 31.1. The molecular formula is C58H47N5. The van der Waals surface area contributed by atoms with Gasteiger partial charge in [0, 0.05) is 49.2 Å². The summed E-state index contributed by atoms with van der Waals surface area (Å²) in [5.41, 5.74) is 19.1. The maximum Gasteiger partial charge on any atom is 0.139 e. The standard InChI is InChI=1S/C58H47N5/c1-62-37-35-60-58(62)49-23-19-42(20-24-49)15-17-44-38-45(18-16-43-21-30-52(31-22-43)63-36-9-34-61-63)40-51(39-44)53-12-5-6-13-54(53)55-32-29-50(57-14-7-8-33-59-57)41-56(55)48-27-25-47(26-28-48)46-10-3-2-4-11-46/h2-14,19-41H,15-18H2,1H3. The monoisotopic (exact) mass is 813 g/mol. The van der Waals surface area contributed by atoms with Crippen LogP contribution < -0.4 is 0 Å². The molecule has 0 saturated carbocycles. The van der Waals surface area contributed by atoms with Crippen molar-refractivity contribution in [2.24, 2.45) is 7.05 Å². The molecule has 0 amide bonds. The minimum Gasteiger partial charge on any atom is -0.334 e. The van der Waals surface area contributed by atoms with Gasteiger partial charge in [-0.05, 0) is 129 Å². The third-order valence-electron chi connectivity index (χ3n) is 12.0. The van der Waals surface area contributed by atoms with Crippen molar-refractivity contribution in [2.45, 2.75) is 25.7 Å². The molecule has 3 heterocycles. The van der Waals surface area contributed by atoms with Gasteiger partial charge >= 0.3 is 0 Å². The fraction of sp³-hybridized carbons (Fsp3) is 0.0862. The van der Waals surface area contributed by atoms with E-state index in [1.807, 2.05) is 54.8 Å². The first-order valence-corrected chi connectivity index (χ1v) is 21.7. The van der Waals surface area contributed by atoms with Gasteiger partial charge in [-0.1, -0.05) is 152 Å². The van der Waals surface area contributed by atoms with Crippen LogP contribution in [-0.4, -0.2) is 24.3 Å². The molecule has 0 radical (unpaired) electrons. The van der Waals surface area contributed by atoms with Gasteiger partial charge in [-0.2, -0.15) is 5.10 Å². The highest BCUT2D eigenvalue weighted by molar-refractivity contribution is 5.93. The van der Waals surface area contributed by atoms with Crippen molar-refractivity contribution in [3.8, 4) is 72.8 Å². The molecule has 0 aliphatic rings. The molecule has 5 heteroatoms. The second-order valence-corrected chi connectivity index (χ2v) is 16.2. The largest absolute Gasteiger partial charge is 0.334 e. The molecule has 0 atom stereocenters. The maximum absolute atomic E-state index is 4.73. The molecule has 0 fully saturated rings. The van der Waals surface area contributed by atoms with Crippen LogP contribution in [0.4, 0.5) is 0 Å². The zero-order valence-electron chi connectivity index (χ0n) is 35.3. The van der Waals surface area contributed by atoms with Crippen molar-refractivity contribution in [1.82, 2.24) is 24.3 Å². The Hall–Kier alpha value is -7.89. The van der Waals surface area contributed by atoms with Crippen LogP contribution in [0.3, 0.4) is 0 Å². The van der Waals surface area contributed by atoms with Crippen LogP contribution in [0.5, 0.6) is 0 Å². The van der Waals surface area contributed by atoms with Crippen LogP contribution in [0.15, 0.2) is 219 Å². The lowest BCUT2D eigenvalue weighted by atomic mass is 9.86. The van der Waals surface area contributed by atoms with E-state index in [1.165, 1.54) is 66.8 Å².